The summed E-state index contributed by atoms with van der Waals surface area (Å²) in [5.41, 5.74) is 0. The molecule has 104 valence electrons. The third-order valence-corrected chi connectivity index (χ3v) is 3.31. The highest BCUT2D eigenvalue weighted by Gasteiger charge is 2.22. The number of hydrogen-bond donors (Lipinski definition) is 1. The van der Waals surface area contributed by atoms with E-state index in [-0.39, 0.29) is 12.0 Å². The third-order valence-electron chi connectivity index (χ3n) is 3.31. The SMILES string of the molecule is CCCCCCCC=CCOC(=O)[C@@H]1CCCN1. The van der Waals surface area contributed by atoms with E-state index in [1.807, 2.05) is 6.08 Å². The Bertz CT molecular complexity index is 245. The van der Waals surface area contributed by atoms with Gasteiger partial charge in [-0.1, -0.05) is 44.8 Å². The number of rotatable bonds is 9. The van der Waals surface area contributed by atoms with E-state index in [1.165, 1.54) is 32.1 Å². The average molecular weight is 253 g/mol. The lowest BCUT2D eigenvalue weighted by Gasteiger charge is -2.08. The quantitative estimate of drug-likeness (QED) is 0.389. The van der Waals surface area contributed by atoms with E-state index in [1.54, 1.807) is 0 Å². The predicted molar refractivity (Wildman–Crippen MR) is 74.5 cm³/mol. The van der Waals surface area contributed by atoms with Crippen LogP contribution in [-0.2, 0) is 9.53 Å². The summed E-state index contributed by atoms with van der Waals surface area (Å²) >= 11 is 0. The van der Waals surface area contributed by atoms with Crippen LogP contribution >= 0.6 is 0 Å². The molecule has 0 aromatic carbocycles. The summed E-state index contributed by atoms with van der Waals surface area (Å²) in [5, 5.41) is 3.14. The van der Waals surface area contributed by atoms with Crippen molar-refractivity contribution in [2.75, 3.05) is 13.2 Å². The van der Waals surface area contributed by atoms with E-state index in [0.717, 1.165) is 25.8 Å². The number of carbonyl (C=O) groups is 1. The molecule has 1 N–H and O–H groups in total. The topological polar surface area (TPSA) is 38.3 Å². The van der Waals surface area contributed by atoms with E-state index < -0.39 is 0 Å². The van der Waals surface area contributed by atoms with Crippen LogP contribution in [0.5, 0.6) is 0 Å². The molecular formula is C15H27NO2. The van der Waals surface area contributed by atoms with Gasteiger partial charge in [-0.05, 0) is 32.2 Å². The van der Waals surface area contributed by atoms with Gasteiger partial charge in [-0.2, -0.15) is 0 Å². The van der Waals surface area contributed by atoms with Gasteiger partial charge in [-0.25, -0.2) is 0 Å². The van der Waals surface area contributed by atoms with Crippen LogP contribution in [0, 0.1) is 0 Å². The molecule has 1 saturated heterocycles. The van der Waals surface area contributed by atoms with E-state index in [9.17, 15) is 4.79 Å². The Balaban J connectivity index is 1.91. The van der Waals surface area contributed by atoms with Crippen LogP contribution in [0.1, 0.15) is 58.3 Å². The van der Waals surface area contributed by atoms with Crippen molar-refractivity contribution < 1.29 is 9.53 Å². The lowest BCUT2D eigenvalue weighted by Crippen LogP contribution is -2.32. The minimum absolute atomic E-state index is 0.0626. The highest BCUT2D eigenvalue weighted by Crippen LogP contribution is 2.07. The molecule has 3 nitrogen and oxygen atoms in total. The molecule has 1 aliphatic rings. The van der Waals surface area contributed by atoms with Gasteiger partial charge in [-0.15, -0.1) is 0 Å². The minimum Gasteiger partial charge on any atom is -0.460 e. The Morgan fingerprint density at radius 3 is 2.83 bits per heavy atom. The molecular weight excluding hydrogens is 226 g/mol. The Morgan fingerprint density at radius 2 is 2.11 bits per heavy atom. The van der Waals surface area contributed by atoms with Crippen molar-refractivity contribution in [3.63, 3.8) is 0 Å². The number of ether oxygens (including phenoxy) is 1. The van der Waals surface area contributed by atoms with Crippen molar-refractivity contribution in [3.8, 4) is 0 Å². The summed E-state index contributed by atoms with van der Waals surface area (Å²) in [5.74, 6) is -0.0971. The number of allylic oxidation sites excluding steroid dienone is 1. The standard InChI is InChI=1S/C15H27NO2/c1-2-3-4-5-6-7-8-9-13-18-15(17)14-11-10-12-16-14/h8-9,14,16H,2-7,10-13H2,1H3/t14-/m0/s1. The molecule has 0 spiro atoms. The molecule has 1 heterocycles. The van der Waals surface area contributed by atoms with Crippen LogP contribution in [-0.4, -0.2) is 25.2 Å². The highest BCUT2D eigenvalue weighted by molar-refractivity contribution is 5.76. The second-order valence-electron chi connectivity index (χ2n) is 4.95. The summed E-state index contributed by atoms with van der Waals surface area (Å²) < 4.78 is 5.18. The largest absolute Gasteiger partial charge is 0.460 e. The number of carbonyl (C=O) groups excluding carboxylic acids is 1. The highest BCUT2D eigenvalue weighted by atomic mass is 16.5. The molecule has 0 bridgehead atoms. The number of esters is 1. The Hall–Kier alpha value is -0.830. The molecule has 0 radical (unpaired) electrons. The summed E-state index contributed by atoms with van der Waals surface area (Å²) in [6, 6.07) is -0.0626. The first-order valence-corrected chi connectivity index (χ1v) is 7.39. The van der Waals surface area contributed by atoms with Gasteiger partial charge >= 0.3 is 5.97 Å². The van der Waals surface area contributed by atoms with Crippen LogP contribution in [0.15, 0.2) is 12.2 Å². The molecule has 0 aromatic heterocycles. The fraction of sp³-hybridized carbons (Fsp3) is 0.800. The van der Waals surface area contributed by atoms with Crippen molar-refractivity contribution in [1.29, 1.82) is 0 Å². The monoisotopic (exact) mass is 253 g/mol. The Morgan fingerprint density at radius 1 is 1.28 bits per heavy atom. The molecule has 1 aliphatic heterocycles. The molecule has 1 rings (SSSR count). The van der Waals surface area contributed by atoms with Gasteiger partial charge in [0.1, 0.15) is 12.6 Å². The molecule has 18 heavy (non-hydrogen) atoms. The van der Waals surface area contributed by atoms with E-state index in [2.05, 4.69) is 18.3 Å². The summed E-state index contributed by atoms with van der Waals surface area (Å²) in [6.45, 7) is 3.59. The number of unbranched alkanes of at least 4 members (excludes halogenated alkanes) is 5. The second-order valence-corrected chi connectivity index (χ2v) is 4.95. The maximum atomic E-state index is 11.5. The van der Waals surface area contributed by atoms with E-state index in [4.69, 9.17) is 4.74 Å². The number of nitrogens with one attached hydrogen (secondary N) is 1. The van der Waals surface area contributed by atoms with Crippen molar-refractivity contribution in [2.24, 2.45) is 0 Å². The lowest BCUT2D eigenvalue weighted by atomic mass is 10.1. The summed E-state index contributed by atoms with van der Waals surface area (Å²) in [6.07, 6.45) is 13.7. The Kier molecular flexibility index (Phi) is 8.57. The van der Waals surface area contributed by atoms with Crippen LogP contribution in [0.2, 0.25) is 0 Å². The van der Waals surface area contributed by atoms with Crippen molar-refractivity contribution in [3.05, 3.63) is 12.2 Å². The average Bonchev–Trinajstić information content (AvgIpc) is 2.90. The maximum Gasteiger partial charge on any atom is 0.323 e. The first-order chi connectivity index (χ1) is 8.84. The molecule has 1 fully saturated rings. The van der Waals surface area contributed by atoms with Crippen LogP contribution < -0.4 is 5.32 Å². The molecule has 3 heteroatoms. The fourth-order valence-corrected chi connectivity index (χ4v) is 2.17. The molecule has 1 atom stereocenters. The van der Waals surface area contributed by atoms with Gasteiger partial charge in [0.05, 0.1) is 0 Å². The van der Waals surface area contributed by atoms with Gasteiger partial charge in [-0.3, -0.25) is 4.79 Å². The van der Waals surface area contributed by atoms with Crippen LogP contribution in [0.4, 0.5) is 0 Å². The normalized spacial score (nSPS) is 19.5. The second kappa shape index (κ2) is 10.1. The maximum absolute atomic E-state index is 11.5. The molecule has 0 aromatic rings. The van der Waals surface area contributed by atoms with Crippen molar-refractivity contribution >= 4 is 5.97 Å². The van der Waals surface area contributed by atoms with Crippen molar-refractivity contribution in [1.82, 2.24) is 5.32 Å². The van der Waals surface area contributed by atoms with Gasteiger partial charge in [0, 0.05) is 0 Å². The molecule has 0 amide bonds. The van der Waals surface area contributed by atoms with Gasteiger partial charge in [0.15, 0.2) is 0 Å². The Labute approximate surface area is 111 Å². The van der Waals surface area contributed by atoms with Gasteiger partial charge in [0.2, 0.25) is 0 Å². The van der Waals surface area contributed by atoms with Gasteiger partial charge < -0.3 is 10.1 Å². The van der Waals surface area contributed by atoms with E-state index >= 15 is 0 Å². The van der Waals surface area contributed by atoms with E-state index in [0.29, 0.717) is 6.61 Å². The predicted octanol–water partition coefficient (Wildman–Crippen LogP) is 3.20. The summed E-state index contributed by atoms with van der Waals surface area (Å²) in [4.78, 5) is 11.5. The molecule has 0 unspecified atom stereocenters. The minimum atomic E-state index is -0.0971. The zero-order valence-corrected chi connectivity index (χ0v) is 11.6. The third kappa shape index (κ3) is 6.80. The first kappa shape index (κ1) is 15.2. The zero-order valence-electron chi connectivity index (χ0n) is 11.6. The van der Waals surface area contributed by atoms with Gasteiger partial charge in [0.25, 0.3) is 0 Å². The lowest BCUT2D eigenvalue weighted by molar-refractivity contribution is -0.144. The first-order valence-electron chi connectivity index (χ1n) is 7.39. The van der Waals surface area contributed by atoms with Crippen LogP contribution in [0.3, 0.4) is 0 Å². The number of hydrogen-bond acceptors (Lipinski definition) is 3. The molecule has 0 saturated carbocycles. The zero-order chi connectivity index (χ0) is 13.1. The smallest absolute Gasteiger partial charge is 0.323 e. The van der Waals surface area contributed by atoms with Crippen LogP contribution in [0.25, 0.3) is 0 Å². The molecule has 0 aliphatic carbocycles. The fourth-order valence-electron chi connectivity index (χ4n) is 2.17. The summed E-state index contributed by atoms with van der Waals surface area (Å²) in [7, 11) is 0. The van der Waals surface area contributed by atoms with Crippen molar-refractivity contribution in [2.45, 2.75) is 64.3 Å².